The average Bonchev–Trinajstić information content (AvgIpc) is 2.87. The van der Waals surface area contributed by atoms with E-state index in [2.05, 4.69) is 4.98 Å². The first kappa shape index (κ1) is 12.7. The maximum absolute atomic E-state index is 9.38. The van der Waals surface area contributed by atoms with Crippen LogP contribution in [0.25, 0.3) is 11.0 Å². The Morgan fingerprint density at radius 3 is 2.75 bits per heavy atom. The standard InChI is InChI=1S/C16H16N2O2/c19-12-13-11-18(16-15(13)7-4-8-17-16)9-10-20-14-5-2-1-3-6-14/h1-8,11,19H,9-10,12H2. The largest absolute Gasteiger partial charge is 0.492 e. The Morgan fingerprint density at radius 2 is 1.95 bits per heavy atom. The molecule has 0 saturated carbocycles. The SMILES string of the molecule is OCc1cn(CCOc2ccccc2)c2ncccc12. The minimum absolute atomic E-state index is 0.0226. The fourth-order valence-electron chi connectivity index (χ4n) is 2.27. The molecule has 20 heavy (non-hydrogen) atoms. The molecule has 4 heteroatoms. The molecule has 0 aliphatic rings. The summed E-state index contributed by atoms with van der Waals surface area (Å²) in [6.07, 6.45) is 3.70. The highest BCUT2D eigenvalue weighted by Crippen LogP contribution is 2.19. The van der Waals surface area contributed by atoms with Crippen LogP contribution in [0.1, 0.15) is 5.56 Å². The van der Waals surface area contributed by atoms with Crippen LogP contribution in [0.15, 0.2) is 54.9 Å². The van der Waals surface area contributed by atoms with E-state index in [1.165, 1.54) is 0 Å². The predicted molar refractivity (Wildman–Crippen MR) is 77.6 cm³/mol. The Hall–Kier alpha value is -2.33. The summed E-state index contributed by atoms with van der Waals surface area (Å²) in [6, 6.07) is 13.6. The summed E-state index contributed by atoms with van der Waals surface area (Å²) in [5.74, 6) is 0.860. The topological polar surface area (TPSA) is 47.3 Å². The fourth-order valence-corrected chi connectivity index (χ4v) is 2.27. The van der Waals surface area contributed by atoms with Crippen molar-refractivity contribution < 1.29 is 9.84 Å². The lowest BCUT2D eigenvalue weighted by Gasteiger charge is -2.07. The number of pyridine rings is 1. The second-order valence-corrected chi connectivity index (χ2v) is 4.54. The van der Waals surface area contributed by atoms with Crippen LogP contribution in [-0.4, -0.2) is 21.3 Å². The Bertz CT molecular complexity index is 692. The number of fused-ring (bicyclic) bond motifs is 1. The molecule has 2 aromatic heterocycles. The van der Waals surface area contributed by atoms with Crippen LogP contribution in [0.2, 0.25) is 0 Å². The van der Waals surface area contributed by atoms with Crippen molar-refractivity contribution in [2.75, 3.05) is 6.61 Å². The third-order valence-electron chi connectivity index (χ3n) is 3.23. The van der Waals surface area contributed by atoms with Crippen LogP contribution in [0.3, 0.4) is 0 Å². The van der Waals surface area contributed by atoms with E-state index in [1.54, 1.807) is 6.20 Å². The molecule has 0 aliphatic carbocycles. The van der Waals surface area contributed by atoms with Crippen LogP contribution < -0.4 is 4.74 Å². The van der Waals surface area contributed by atoms with Crippen LogP contribution in [-0.2, 0) is 13.2 Å². The van der Waals surface area contributed by atoms with Crippen LogP contribution in [0, 0.1) is 0 Å². The van der Waals surface area contributed by atoms with Crippen molar-refractivity contribution >= 4 is 11.0 Å². The maximum atomic E-state index is 9.38. The summed E-state index contributed by atoms with van der Waals surface area (Å²) in [5.41, 5.74) is 1.78. The Morgan fingerprint density at radius 1 is 1.10 bits per heavy atom. The molecule has 0 atom stereocenters. The van der Waals surface area contributed by atoms with Gasteiger partial charge < -0.3 is 14.4 Å². The Labute approximate surface area is 117 Å². The van der Waals surface area contributed by atoms with E-state index in [1.807, 2.05) is 53.2 Å². The smallest absolute Gasteiger partial charge is 0.140 e. The quantitative estimate of drug-likeness (QED) is 0.773. The number of ether oxygens (including phenoxy) is 1. The molecule has 0 radical (unpaired) electrons. The first-order chi connectivity index (χ1) is 9.88. The molecule has 0 fully saturated rings. The van der Waals surface area contributed by atoms with Crippen molar-refractivity contribution in [2.24, 2.45) is 0 Å². The van der Waals surface area contributed by atoms with Gasteiger partial charge in [-0.05, 0) is 24.3 Å². The lowest BCUT2D eigenvalue weighted by molar-refractivity contribution is 0.281. The molecule has 3 rings (SSSR count). The summed E-state index contributed by atoms with van der Waals surface area (Å²) in [5, 5.41) is 10.4. The number of benzene rings is 1. The van der Waals surface area contributed by atoms with Crippen molar-refractivity contribution in [1.29, 1.82) is 0 Å². The van der Waals surface area contributed by atoms with Gasteiger partial charge in [0.25, 0.3) is 0 Å². The van der Waals surface area contributed by atoms with Crippen molar-refractivity contribution in [3.8, 4) is 5.75 Å². The third-order valence-corrected chi connectivity index (χ3v) is 3.23. The van der Waals surface area contributed by atoms with Gasteiger partial charge in [-0.2, -0.15) is 0 Å². The van der Waals surface area contributed by atoms with E-state index in [0.717, 1.165) is 22.3 Å². The van der Waals surface area contributed by atoms with Gasteiger partial charge in [-0.25, -0.2) is 4.98 Å². The van der Waals surface area contributed by atoms with Gasteiger partial charge in [0.2, 0.25) is 0 Å². The normalized spacial score (nSPS) is 10.8. The molecular formula is C16H16N2O2. The van der Waals surface area contributed by atoms with Crippen LogP contribution in [0.5, 0.6) is 5.75 Å². The molecule has 2 heterocycles. The van der Waals surface area contributed by atoms with Crippen molar-refractivity contribution in [2.45, 2.75) is 13.2 Å². The van der Waals surface area contributed by atoms with Gasteiger partial charge in [-0.15, -0.1) is 0 Å². The van der Waals surface area contributed by atoms with Crippen molar-refractivity contribution in [1.82, 2.24) is 9.55 Å². The molecule has 102 valence electrons. The molecule has 0 saturated heterocycles. The minimum atomic E-state index is 0.0226. The van der Waals surface area contributed by atoms with Crippen LogP contribution in [0.4, 0.5) is 0 Å². The van der Waals surface area contributed by atoms with Crippen LogP contribution >= 0.6 is 0 Å². The molecule has 0 unspecified atom stereocenters. The first-order valence-corrected chi connectivity index (χ1v) is 6.60. The summed E-state index contributed by atoms with van der Waals surface area (Å²) in [4.78, 5) is 4.37. The van der Waals surface area contributed by atoms with E-state index < -0.39 is 0 Å². The number of para-hydroxylation sites is 1. The number of rotatable bonds is 5. The molecule has 3 aromatic rings. The second kappa shape index (κ2) is 5.75. The monoisotopic (exact) mass is 268 g/mol. The van der Waals surface area contributed by atoms with E-state index >= 15 is 0 Å². The Kier molecular flexibility index (Phi) is 3.65. The molecular weight excluding hydrogens is 252 g/mol. The summed E-state index contributed by atoms with van der Waals surface area (Å²) in [6.45, 7) is 1.28. The van der Waals surface area contributed by atoms with E-state index in [-0.39, 0.29) is 6.61 Å². The number of hydrogen-bond donors (Lipinski definition) is 1. The molecule has 0 spiro atoms. The highest BCUT2D eigenvalue weighted by Gasteiger charge is 2.08. The zero-order valence-corrected chi connectivity index (χ0v) is 11.1. The predicted octanol–water partition coefficient (Wildman–Crippen LogP) is 2.61. The summed E-state index contributed by atoms with van der Waals surface area (Å²) in [7, 11) is 0. The van der Waals surface area contributed by atoms with E-state index in [9.17, 15) is 5.11 Å². The molecule has 1 aromatic carbocycles. The highest BCUT2D eigenvalue weighted by molar-refractivity contribution is 5.80. The first-order valence-electron chi connectivity index (χ1n) is 6.60. The Balaban J connectivity index is 1.74. The zero-order valence-electron chi connectivity index (χ0n) is 11.1. The number of aliphatic hydroxyl groups excluding tert-OH is 1. The van der Waals surface area contributed by atoms with Gasteiger partial charge >= 0.3 is 0 Å². The van der Waals surface area contributed by atoms with E-state index in [4.69, 9.17) is 4.74 Å². The van der Waals surface area contributed by atoms with Gasteiger partial charge in [0.15, 0.2) is 0 Å². The van der Waals surface area contributed by atoms with Gasteiger partial charge in [-0.3, -0.25) is 0 Å². The number of nitrogens with zero attached hydrogens (tertiary/aromatic N) is 2. The lowest BCUT2D eigenvalue weighted by atomic mass is 10.2. The minimum Gasteiger partial charge on any atom is -0.492 e. The molecule has 0 bridgehead atoms. The highest BCUT2D eigenvalue weighted by atomic mass is 16.5. The van der Waals surface area contributed by atoms with Gasteiger partial charge in [0, 0.05) is 23.3 Å². The maximum Gasteiger partial charge on any atom is 0.140 e. The number of aliphatic hydroxyl groups is 1. The number of aromatic nitrogens is 2. The van der Waals surface area contributed by atoms with Gasteiger partial charge in [0.1, 0.15) is 18.0 Å². The average molecular weight is 268 g/mol. The summed E-state index contributed by atoms with van der Waals surface area (Å²) >= 11 is 0. The molecule has 0 aliphatic heterocycles. The molecule has 1 N–H and O–H groups in total. The third kappa shape index (κ3) is 2.51. The molecule has 4 nitrogen and oxygen atoms in total. The molecule has 0 amide bonds. The van der Waals surface area contributed by atoms with Crippen molar-refractivity contribution in [3.05, 3.63) is 60.4 Å². The second-order valence-electron chi connectivity index (χ2n) is 4.54. The zero-order chi connectivity index (χ0) is 13.8. The summed E-state index contributed by atoms with van der Waals surface area (Å²) < 4.78 is 7.71. The lowest BCUT2D eigenvalue weighted by Crippen LogP contribution is -2.07. The number of hydrogen-bond acceptors (Lipinski definition) is 3. The van der Waals surface area contributed by atoms with Crippen molar-refractivity contribution in [3.63, 3.8) is 0 Å². The fraction of sp³-hybridized carbons (Fsp3) is 0.188. The van der Waals surface area contributed by atoms with Gasteiger partial charge in [0.05, 0.1) is 13.2 Å². The van der Waals surface area contributed by atoms with E-state index in [0.29, 0.717) is 13.2 Å². The van der Waals surface area contributed by atoms with Gasteiger partial charge in [-0.1, -0.05) is 18.2 Å².